The number of nitrogens with one attached hydrogen (secondary N) is 1. The van der Waals surface area contributed by atoms with Crippen LogP contribution in [0.4, 0.5) is 0 Å². The summed E-state index contributed by atoms with van der Waals surface area (Å²) in [5, 5.41) is 5.06. The van der Waals surface area contributed by atoms with Crippen molar-refractivity contribution in [2.45, 2.75) is 70.9 Å². The van der Waals surface area contributed by atoms with Crippen molar-refractivity contribution in [1.82, 2.24) is 5.32 Å². The number of rotatable bonds is 5. The lowest BCUT2D eigenvalue weighted by molar-refractivity contribution is 0.505. The molecular formula is C19H25NO. The van der Waals surface area contributed by atoms with Gasteiger partial charge in [-0.15, -0.1) is 0 Å². The zero-order chi connectivity index (χ0) is 14.6. The Bertz CT molecular complexity index is 674. The summed E-state index contributed by atoms with van der Waals surface area (Å²) in [6.45, 7) is 7.65. The molecule has 0 amide bonds. The van der Waals surface area contributed by atoms with Gasteiger partial charge < -0.3 is 9.73 Å². The minimum Gasteiger partial charge on any atom is -0.459 e. The summed E-state index contributed by atoms with van der Waals surface area (Å²) in [6, 6.07) is 5.26. The average Bonchev–Trinajstić information content (AvgIpc) is 3.35. The number of benzene rings is 1. The van der Waals surface area contributed by atoms with Crippen molar-refractivity contribution in [2.75, 3.05) is 0 Å². The zero-order valence-electron chi connectivity index (χ0n) is 13.3. The van der Waals surface area contributed by atoms with Crippen LogP contribution >= 0.6 is 0 Å². The van der Waals surface area contributed by atoms with Crippen molar-refractivity contribution < 1.29 is 4.42 Å². The molecule has 2 aromatic rings. The predicted octanol–water partition coefficient (Wildman–Crippen LogP) is 4.99. The second-order valence-corrected chi connectivity index (χ2v) is 7.20. The van der Waals surface area contributed by atoms with Gasteiger partial charge in [-0.2, -0.15) is 0 Å². The predicted molar refractivity (Wildman–Crippen MR) is 86.9 cm³/mol. The van der Waals surface area contributed by atoms with E-state index in [1.165, 1.54) is 53.5 Å². The molecular weight excluding hydrogens is 258 g/mol. The quantitative estimate of drug-likeness (QED) is 0.836. The lowest BCUT2D eigenvalue weighted by atomic mass is 9.93. The van der Waals surface area contributed by atoms with Crippen LogP contribution in [0.2, 0.25) is 0 Å². The van der Waals surface area contributed by atoms with Crippen LogP contribution in [-0.2, 0) is 6.54 Å². The van der Waals surface area contributed by atoms with Crippen molar-refractivity contribution in [3.05, 3.63) is 34.6 Å². The van der Waals surface area contributed by atoms with Crippen molar-refractivity contribution >= 4 is 11.0 Å². The molecule has 0 saturated heterocycles. The minimum atomic E-state index is 0.549. The first-order valence-corrected chi connectivity index (χ1v) is 8.43. The van der Waals surface area contributed by atoms with Crippen LogP contribution in [0, 0.1) is 6.92 Å². The van der Waals surface area contributed by atoms with Crippen LogP contribution in [0.1, 0.15) is 73.8 Å². The summed E-state index contributed by atoms with van der Waals surface area (Å²) in [7, 11) is 0. The van der Waals surface area contributed by atoms with Gasteiger partial charge in [0.05, 0.1) is 6.54 Å². The van der Waals surface area contributed by atoms with E-state index in [1.54, 1.807) is 0 Å². The Morgan fingerprint density at radius 2 is 1.95 bits per heavy atom. The molecule has 0 atom stereocenters. The van der Waals surface area contributed by atoms with Gasteiger partial charge in [-0.05, 0) is 55.6 Å². The summed E-state index contributed by atoms with van der Waals surface area (Å²) in [5.41, 5.74) is 5.38. The first-order chi connectivity index (χ1) is 10.1. The number of aryl methyl sites for hydroxylation is 1. The molecule has 1 N–H and O–H groups in total. The second kappa shape index (κ2) is 4.88. The Morgan fingerprint density at radius 1 is 1.19 bits per heavy atom. The van der Waals surface area contributed by atoms with E-state index >= 15 is 0 Å². The lowest BCUT2D eigenvalue weighted by Crippen LogP contribution is -2.15. The Hall–Kier alpha value is -1.28. The third-order valence-electron chi connectivity index (χ3n) is 4.92. The molecule has 0 spiro atoms. The third-order valence-corrected chi connectivity index (χ3v) is 4.92. The second-order valence-electron chi connectivity index (χ2n) is 7.20. The summed E-state index contributed by atoms with van der Waals surface area (Å²) >= 11 is 0. The maximum absolute atomic E-state index is 6.34. The van der Waals surface area contributed by atoms with Gasteiger partial charge in [0, 0.05) is 17.0 Å². The van der Waals surface area contributed by atoms with Crippen LogP contribution in [0.15, 0.2) is 16.5 Å². The lowest BCUT2D eigenvalue weighted by Gasteiger charge is -2.10. The molecule has 2 saturated carbocycles. The van der Waals surface area contributed by atoms with Crippen molar-refractivity contribution in [3.63, 3.8) is 0 Å². The van der Waals surface area contributed by atoms with E-state index in [-0.39, 0.29) is 0 Å². The molecule has 1 aromatic carbocycles. The standard InChI is InChI=1S/C19H25NO/c1-11(2)15-9-4-12(3)19-18(15)17(13-5-6-13)16(21-19)10-20-14-7-8-14/h4,9,11,13-14,20H,5-8,10H2,1-3H3. The fourth-order valence-electron chi connectivity index (χ4n) is 3.37. The number of fused-ring (bicyclic) bond motifs is 1. The molecule has 2 nitrogen and oxygen atoms in total. The molecule has 1 aromatic heterocycles. The molecule has 4 rings (SSSR count). The molecule has 21 heavy (non-hydrogen) atoms. The SMILES string of the molecule is Cc1ccc(C(C)C)c2c(C3CC3)c(CNC3CC3)oc12. The summed E-state index contributed by atoms with van der Waals surface area (Å²) < 4.78 is 6.34. The van der Waals surface area contributed by atoms with E-state index in [1.807, 2.05) is 0 Å². The number of furan rings is 1. The van der Waals surface area contributed by atoms with Gasteiger partial charge in [0.2, 0.25) is 0 Å². The highest BCUT2D eigenvalue weighted by Gasteiger charge is 2.33. The maximum Gasteiger partial charge on any atom is 0.137 e. The van der Waals surface area contributed by atoms with Gasteiger partial charge in [-0.1, -0.05) is 26.0 Å². The zero-order valence-corrected chi connectivity index (χ0v) is 13.3. The van der Waals surface area contributed by atoms with Gasteiger partial charge in [-0.25, -0.2) is 0 Å². The first-order valence-electron chi connectivity index (χ1n) is 8.43. The summed E-state index contributed by atoms with van der Waals surface area (Å²) in [4.78, 5) is 0. The molecule has 2 fully saturated rings. The van der Waals surface area contributed by atoms with E-state index in [2.05, 4.69) is 38.2 Å². The third kappa shape index (κ3) is 2.40. The molecule has 2 heteroatoms. The highest BCUT2D eigenvalue weighted by atomic mass is 16.3. The summed E-state index contributed by atoms with van der Waals surface area (Å²) in [6.07, 6.45) is 5.32. The highest BCUT2D eigenvalue weighted by molar-refractivity contribution is 5.89. The molecule has 1 heterocycles. The summed E-state index contributed by atoms with van der Waals surface area (Å²) in [5.74, 6) is 2.49. The van der Waals surface area contributed by atoms with Gasteiger partial charge in [0.1, 0.15) is 11.3 Å². The van der Waals surface area contributed by atoms with Crippen LogP contribution < -0.4 is 5.32 Å². The highest BCUT2D eigenvalue weighted by Crippen LogP contribution is 2.48. The minimum absolute atomic E-state index is 0.549. The number of hydrogen-bond donors (Lipinski definition) is 1. The van der Waals surface area contributed by atoms with Gasteiger partial charge >= 0.3 is 0 Å². The molecule has 2 aliphatic carbocycles. The van der Waals surface area contributed by atoms with Gasteiger partial charge in [0.25, 0.3) is 0 Å². The average molecular weight is 283 g/mol. The van der Waals surface area contributed by atoms with Gasteiger partial charge in [-0.3, -0.25) is 0 Å². The van der Waals surface area contributed by atoms with Crippen LogP contribution in [0.3, 0.4) is 0 Å². The molecule has 0 unspecified atom stereocenters. The Morgan fingerprint density at radius 3 is 2.57 bits per heavy atom. The van der Waals surface area contributed by atoms with E-state index in [9.17, 15) is 0 Å². The molecule has 112 valence electrons. The Labute approximate surface area is 126 Å². The van der Waals surface area contributed by atoms with Crippen LogP contribution in [-0.4, -0.2) is 6.04 Å². The smallest absolute Gasteiger partial charge is 0.137 e. The largest absolute Gasteiger partial charge is 0.459 e. The molecule has 0 aliphatic heterocycles. The van der Waals surface area contributed by atoms with Crippen molar-refractivity contribution in [2.24, 2.45) is 0 Å². The Kier molecular flexibility index (Phi) is 3.11. The topological polar surface area (TPSA) is 25.2 Å². The van der Waals surface area contributed by atoms with E-state index in [0.717, 1.165) is 24.1 Å². The van der Waals surface area contributed by atoms with Crippen molar-refractivity contribution in [1.29, 1.82) is 0 Å². The van der Waals surface area contributed by atoms with Crippen LogP contribution in [0.5, 0.6) is 0 Å². The monoisotopic (exact) mass is 283 g/mol. The van der Waals surface area contributed by atoms with Crippen LogP contribution in [0.25, 0.3) is 11.0 Å². The van der Waals surface area contributed by atoms with Gasteiger partial charge in [0.15, 0.2) is 0 Å². The van der Waals surface area contributed by atoms with E-state index < -0.39 is 0 Å². The first kappa shape index (κ1) is 13.4. The normalized spacial score (nSPS) is 18.9. The fraction of sp³-hybridized carbons (Fsp3) is 0.579. The van der Waals surface area contributed by atoms with Crippen molar-refractivity contribution in [3.8, 4) is 0 Å². The molecule has 0 bridgehead atoms. The fourth-order valence-corrected chi connectivity index (χ4v) is 3.37. The van der Waals surface area contributed by atoms with E-state index in [0.29, 0.717) is 5.92 Å². The molecule has 2 aliphatic rings. The molecule has 0 radical (unpaired) electrons. The number of hydrogen-bond acceptors (Lipinski definition) is 2. The van der Waals surface area contributed by atoms with E-state index in [4.69, 9.17) is 4.42 Å². The Balaban J connectivity index is 1.86. The maximum atomic E-state index is 6.34.